The van der Waals surface area contributed by atoms with Crippen molar-refractivity contribution in [2.45, 2.75) is 0 Å². The fourth-order valence-corrected chi connectivity index (χ4v) is 6.13. The molecule has 45 heavy (non-hydrogen) atoms. The molecule has 208 valence electrons. The van der Waals surface area contributed by atoms with Gasteiger partial charge in [-0.25, -0.2) is 4.98 Å². The maximum absolute atomic E-state index is 9.29. The van der Waals surface area contributed by atoms with E-state index in [4.69, 9.17) is 11.0 Å². The van der Waals surface area contributed by atoms with Crippen molar-refractivity contribution in [3.05, 3.63) is 151 Å². The van der Waals surface area contributed by atoms with Crippen LogP contribution in [-0.2, 0) is 0 Å². The lowest BCUT2D eigenvalue weighted by atomic mass is 9.93. The third-order valence-electron chi connectivity index (χ3n) is 8.25. The molecule has 0 saturated heterocycles. The normalized spacial score (nSPS) is 11.1. The molecule has 0 aliphatic heterocycles. The van der Waals surface area contributed by atoms with E-state index in [0.717, 1.165) is 77.2 Å². The lowest BCUT2D eigenvalue weighted by Gasteiger charge is -2.10. The van der Waals surface area contributed by atoms with Crippen molar-refractivity contribution >= 4 is 38.5 Å². The van der Waals surface area contributed by atoms with Gasteiger partial charge >= 0.3 is 0 Å². The van der Waals surface area contributed by atoms with Gasteiger partial charge in [-0.3, -0.25) is 0 Å². The van der Waals surface area contributed by atoms with Crippen LogP contribution < -0.4 is 0 Å². The molecule has 0 atom stereocenters. The molecule has 5 heteroatoms. The zero-order valence-electron chi connectivity index (χ0n) is 23.9. The predicted octanol–water partition coefficient (Wildman–Crippen LogP) is 10.6. The number of hydrogen-bond acceptors (Lipinski definition) is 4. The standard InChI is InChI=1S/C40H22N4O/c1-42-39-22-30(15-17-44-39)27-8-5-9-31(19-27)36-23-38-40(34-11-3-2-10-33(34)36)35-13-12-28(21-37(35)45-38)25-6-4-7-26(18-25)29-14-16-43-32(20-29)24-41/h2-23H. The molecule has 0 spiro atoms. The highest BCUT2D eigenvalue weighted by molar-refractivity contribution is 6.22. The molecule has 8 aromatic rings. The Bertz CT molecular complexity index is 2530. The highest BCUT2D eigenvalue weighted by Crippen LogP contribution is 2.42. The number of aromatic nitrogens is 2. The van der Waals surface area contributed by atoms with Gasteiger partial charge in [-0.15, -0.1) is 4.98 Å². The van der Waals surface area contributed by atoms with Crippen LogP contribution in [0, 0.1) is 17.9 Å². The van der Waals surface area contributed by atoms with Gasteiger partial charge in [-0.2, -0.15) is 5.26 Å². The van der Waals surface area contributed by atoms with Gasteiger partial charge in [0.05, 0.1) is 0 Å². The van der Waals surface area contributed by atoms with Crippen LogP contribution in [-0.4, -0.2) is 9.97 Å². The van der Waals surface area contributed by atoms with Gasteiger partial charge in [0.15, 0.2) is 0 Å². The van der Waals surface area contributed by atoms with Gasteiger partial charge in [0.2, 0.25) is 0 Å². The molecule has 0 unspecified atom stereocenters. The first-order valence-corrected chi connectivity index (χ1v) is 14.5. The molecule has 0 fully saturated rings. The number of nitriles is 1. The second kappa shape index (κ2) is 10.6. The summed E-state index contributed by atoms with van der Waals surface area (Å²) in [6, 6.07) is 43.3. The van der Waals surface area contributed by atoms with Crippen LogP contribution in [0.4, 0.5) is 5.82 Å². The van der Waals surface area contributed by atoms with Gasteiger partial charge in [0.25, 0.3) is 5.82 Å². The smallest absolute Gasteiger partial charge is 0.270 e. The summed E-state index contributed by atoms with van der Waals surface area (Å²) in [6.07, 6.45) is 3.35. The molecular weight excluding hydrogens is 552 g/mol. The SMILES string of the molecule is [C-]#[N+]c1cc(-c2cccc(-c3cc4oc5cc(-c6cccc(-c7ccnc(C#N)c7)c6)ccc5c4c4ccccc34)c2)ccn1. The largest absolute Gasteiger partial charge is 0.456 e. The summed E-state index contributed by atoms with van der Waals surface area (Å²) in [5.41, 5.74) is 10.3. The fourth-order valence-electron chi connectivity index (χ4n) is 6.13. The Kier molecular flexibility index (Phi) is 6.16. The molecule has 0 N–H and O–H groups in total. The van der Waals surface area contributed by atoms with Crippen LogP contribution in [0.2, 0.25) is 0 Å². The number of rotatable bonds is 4. The van der Waals surface area contributed by atoms with Crippen molar-refractivity contribution in [1.82, 2.24) is 9.97 Å². The van der Waals surface area contributed by atoms with Gasteiger partial charge in [0, 0.05) is 17.0 Å². The predicted molar refractivity (Wildman–Crippen MR) is 180 cm³/mol. The lowest BCUT2D eigenvalue weighted by Crippen LogP contribution is -1.85. The Morgan fingerprint density at radius 2 is 1.20 bits per heavy atom. The Morgan fingerprint density at radius 3 is 1.96 bits per heavy atom. The van der Waals surface area contributed by atoms with Crippen molar-refractivity contribution in [3.63, 3.8) is 0 Å². The van der Waals surface area contributed by atoms with E-state index in [1.165, 1.54) is 0 Å². The zero-order chi connectivity index (χ0) is 30.3. The van der Waals surface area contributed by atoms with E-state index in [9.17, 15) is 5.26 Å². The number of benzene rings is 5. The van der Waals surface area contributed by atoms with E-state index in [1.54, 1.807) is 12.4 Å². The number of hydrogen-bond donors (Lipinski definition) is 0. The first-order valence-electron chi connectivity index (χ1n) is 14.5. The van der Waals surface area contributed by atoms with Crippen molar-refractivity contribution in [1.29, 1.82) is 5.26 Å². The second-order valence-electron chi connectivity index (χ2n) is 10.9. The Balaban J connectivity index is 1.26. The van der Waals surface area contributed by atoms with Gasteiger partial charge < -0.3 is 9.26 Å². The van der Waals surface area contributed by atoms with E-state index in [0.29, 0.717) is 11.5 Å². The monoisotopic (exact) mass is 574 g/mol. The number of pyridine rings is 2. The minimum Gasteiger partial charge on any atom is -0.456 e. The van der Waals surface area contributed by atoms with Crippen LogP contribution in [0.25, 0.3) is 82.1 Å². The number of fused-ring (bicyclic) bond motifs is 5. The molecule has 0 amide bonds. The maximum atomic E-state index is 9.29. The summed E-state index contributed by atoms with van der Waals surface area (Å²) < 4.78 is 6.59. The van der Waals surface area contributed by atoms with E-state index in [2.05, 4.69) is 99.7 Å². The average Bonchev–Trinajstić information content (AvgIpc) is 3.49. The molecule has 8 rings (SSSR count). The fraction of sp³-hybridized carbons (Fsp3) is 0. The number of furan rings is 1. The maximum Gasteiger partial charge on any atom is 0.270 e. The summed E-state index contributed by atoms with van der Waals surface area (Å²) >= 11 is 0. The summed E-state index contributed by atoms with van der Waals surface area (Å²) in [5, 5.41) is 13.7. The van der Waals surface area contributed by atoms with E-state index >= 15 is 0 Å². The molecule has 5 nitrogen and oxygen atoms in total. The average molecular weight is 575 g/mol. The van der Waals surface area contributed by atoms with Crippen LogP contribution in [0.5, 0.6) is 0 Å². The van der Waals surface area contributed by atoms with Gasteiger partial charge in [0.1, 0.15) is 29.1 Å². The Morgan fingerprint density at radius 1 is 0.556 bits per heavy atom. The van der Waals surface area contributed by atoms with E-state index in [1.807, 2.05) is 42.5 Å². The molecule has 0 saturated carbocycles. The first kappa shape index (κ1) is 26.1. The Hall–Kier alpha value is -6.56. The summed E-state index contributed by atoms with van der Waals surface area (Å²) in [5.74, 6) is 0.378. The topological polar surface area (TPSA) is 67.1 Å². The molecule has 3 heterocycles. The van der Waals surface area contributed by atoms with Crippen LogP contribution in [0.15, 0.2) is 138 Å². The van der Waals surface area contributed by atoms with E-state index < -0.39 is 0 Å². The van der Waals surface area contributed by atoms with E-state index in [-0.39, 0.29) is 0 Å². The molecular formula is C40H22N4O. The third kappa shape index (κ3) is 4.57. The number of nitrogens with zero attached hydrogens (tertiary/aromatic N) is 4. The Labute approximate surface area is 259 Å². The third-order valence-corrected chi connectivity index (χ3v) is 8.25. The van der Waals surface area contributed by atoms with Crippen molar-refractivity contribution in [2.75, 3.05) is 0 Å². The summed E-state index contributed by atoms with van der Waals surface area (Å²) in [4.78, 5) is 11.7. The van der Waals surface area contributed by atoms with Crippen molar-refractivity contribution in [3.8, 4) is 50.6 Å². The molecule has 3 aromatic heterocycles. The van der Waals surface area contributed by atoms with Crippen LogP contribution in [0.3, 0.4) is 0 Å². The molecule has 0 bridgehead atoms. The lowest BCUT2D eigenvalue weighted by molar-refractivity contribution is 0.669. The first-order chi connectivity index (χ1) is 22.2. The van der Waals surface area contributed by atoms with Gasteiger partial charge in [-0.1, -0.05) is 73.3 Å². The van der Waals surface area contributed by atoms with Crippen LogP contribution in [0.1, 0.15) is 5.69 Å². The van der Waals surface area contributed by atoms with Gasteiger partial charge in [-0.05, 0) is 110 Å². The molecule has 0 aliphatic rings. The molecule has 0 radical (unpaired) electrons. The summed E-state index contributed by atoms with van der Waals surface area (Å²) in [7, 11) is 0. The molecule has 5 aromatic carbocycles. The zero-order valence-corrected chi connectivity index (χ0v) is 23.9. The van der Waals surface area contributed by atoms with Crippen molar-refractivity contribution < 1.29 is 4.42 Å². The minimum atomic E-state index is 0.378. The molecule has 0 aliphatic carbocycles. The summed E-state index contributed by atoms with van der Waals surface area (Å²) in [6.45, 7) is 7.35. The van der Waals surface area contributed by atoms with Crippen molar-refractivity contribution in [2.24, 2.45) is 0 Å². The second-order valence-corrected chi connectivity index (χ2v) is 10.9. The quantitative estimate of drug-likeness (QED) is 0.196. The highest BCUT2D eigenvalue weighted by Gasteiger charge is 2.16. The van der Waals surface area contributed by atoms with Crippen LogP contribution >= 0.6 is 0 Å². The minimum absolute atomic E-state index is 0.378. The highest BCUT2D eigenvalue weighted by atomic mass is 16.3.